The Morgan fingerprint density at radius 1 is 1.40 bits per heavy atom. The number of fused-ring (bicyclic) bond motifs is 1. The number of phenols is 1. The number of rotatable bonds is 9. The molecule has 2 unspecified atom stereocenters. The lowest BCUT2D eigenvalue weighted by molar-refractivity contribution is -0.0145. The second kappa shape index (κ2) is 13.4. The van der Waals surface area contributed by atoms with Gasteiger partial charge in [0, 0.05) is 37.8 Å². The van der Waals surface area contributed by atoms with Crippen molar-refractivity contribution in [2.24, 2.45) is 10.7 Å². The van der Waals surface area contributed by atoms with Crippen LogP contribution in [0.1, 0.15) is 63.8 Å². The van der Waals surface area contributed by atoms with Gasteiger partial charge in [-0.1, -0.05) is 11.6 Å². The van der Waals surface area contributed by atoms with Gasteiger partial charge in [0.15, 0.2) is 6.23 Å². The van der Waals surface area contributed by atoms with Gasteiger partial charge < -0.3 is 35.8 Å². The number of aromatic hydroxyl groups is 1. The smallest absolute Gasteiger partial charge is 0.256 e. The summed E-state index contributed by atoms with van der Waals surface area (Å²) in [5, 5.41) is 20.3. The number of phenolic OH excluding ortho intramolecular Hbond substituents is 1. The van der Waals surface area contributed by atoms with E-state index in [9.17, 15) is 9.90 Å². The average molecular weight is 626 g/mol. The standard InChI is InChI=1S/C30H36ClN7O4S/c1-16(12-31)26-25-22(35-18(3)36-26)14-38(30(25)41-4)29(40)19-5-6-21(23(39)11-19)37-28-24(17(2)15-43-28)27(32)34-8-7-20-13-33-9-10-42-20/h5-6,11-12,15,20,30,33,37,39H,7-10,13-14H2,1-4H3,(H2,32,34). The number of aliphatic imine (C=N–C) groups is 1. The number of ether oxygens (including phenoxy) is 2. The van der Waals surface area contributed by atoms with Crippen LogP contribution < -0.4 is 16.4 Å². The number of aryl methyl sites for hydroxylation is 2. The van der Waals surface area contributed by atoms with E-state index in [-0.39, 0.29) is 24.3 Å². The number of morpholine rings is 1. The maximum atomic E-state index is 13.7. The van der Waals surface area contributed by atoms with Crippen molar-refractivity contribution in [3.05, 3.63) is 68.6 Å². The van der Waals surface area contributed by atoms with Crippen molar-refractivity contribution in [3.8, 4) is 5.75 Å². The summed E-state index contributed by atoms with van der Waals surface area (Å²) in [6, 6.07) is 4.78. The van der Waals surface area contributed by atoms with Crippen molar-refractivity contribution in [1.29, 1.82) is 0 Å². The van der Waals surface area contributed by atoms with Crippen LogP contribution in [0.15, 0.2) is 34.1 Å². The number of methoxy groups -OCH3 is 1. The van der Waals surface area contributed by atoms with Gasteiger partial charge in [0.1, 0.15) is 22.4 Å². The quantitative estimate of drug-likeness (QED) is 0.152. The molecule has 228 valence electrons. The lowest BCUT2D eigenvalue weighted by Crippen LogP contribution is -2.38. The van der Waals surface area contributed by atoms with Gasteiger partial charge in [0.2, 0.25) is 0 Å². The molecule has 0 radical (unpaired) electrons. The number of allylic oxidation sites excluding steroid dienone is 1. The summed E-state index contributed by atoms with van der Waals surface area (Å²) in [6.07, 6.45) is 0.201. The number of amides is 1. The minimum absolute atomic E-state index is 0.0803. The van der Waals surface area contributed by atoms with Crippen LogP contribution in [0, 0.1) is 13.8 Å². The van der Waals surface area contributed by atoms with Crippen molar-refractivity contribution in [2.75, 3.05) is 38.7 Å². The molecule has 4 heterocycles. The summed E-state index contributed by atoms with van der Waals surface area (Å²) >= 11 is 7.47. The fraction of sp³-hybridized carbons (Fsp3) is 0.400. The first-order valence-corrected chi connectivity index (χ1v) is 15.3. The highest BCUT2D eigenvalue weighted by Gasteiger charge is 2.38. The number of nitrogens with two attached hydrogens (primary N) is 1. The zero-order chi connectivity index (χ0) is 30.7. The molecule has 1 aromatic carbocycles. The van der Waals surface area contributed by atoms with Crippen LogP contribution in [0.25, 0.3) is 5.57 Å². The highest BCUT2D eigenvalue weighted by Crippen LogP contribution is 2.40. The molecule has 0 bridgehead atoms. The molecule has 5 rings (SSSR count). The Kier molecular flexibility index (Phi) is 9.62. The van der Waals surface area contributed by atoms with Gasteiger partial charge in [0.05, 0.1) is 47.5 Å². The van der Waals surface area contributed by atoms with Crippen molar-refractivity contribution >= 4 is 50.9 Å². The zero-order valence-corrected chi connectivity index (χ0v) is 26.2. The fourth-order valence-electron chi connectivity index (χ4n) is 5.32. The Balaban J connectivity index is 1.32. The Hall–Kier alpha value is -3.55. The second-order valence-corrected chi connectivity index (χ2v) is 11.6. The summed E-state index contributed by atoms with van der Waals surface area (Å²) in [5.41, 5.74) is 13.2. The first-order valence-electron chi connectivity index (χ1n) is 14.0. The molecule has 2 aromatic heterocycles. The van der Waals surface area contributed by atoms with E-state index in [1.165, 1.54) is 30.0 Å². The molecule has 2 aliphatic heterocycles. The van der Waals surface area contributed by atoms with Crippen LogP contribution in [-0.4, -0.2) is 71.2 Å². The van der Waals surface area contributed by atoms with Gasteiger partial charge in [-0.2, -0.15) is 0 Å². The largest absolute Gasteiger partial charge is 0.506 e. The average Bonchev–Trinajstić information content (AvgIpc) is 3.56. The van der Waals surface area contributed by atoms with Gasteiger partial charge >= 0.3 is 0 Å². The number of hydrogen-bond acceptors (Lipinski definition) is 10. The van der Waals surface area contributed by atoms with E-state index in [4.69, 9.17) is 26.8 Å². The summed E-state index contributed by atoms with van der Waals surface area (Å²) in [6.45, 7) is 8.78. The Bertz CT molecular complexity index is 1570. The van der Waals surface area contributed by atoms with Crippen LogP contribution in [0.5, 0.6) is 5.75 Å². The Morgan fingerprint density at radius 3 is 2.91 bits per heavy atom. The monoisotopic (exact) mass is 625 g/mol. The van der Waals surface area contributed by atoms with E-state index in [0.29, 0.717) is 53.0 Å². The SMILES string of the molecule is COC1c2c(nc(C)nc2C(C)=CCl)CN1C(=O)c1ccc(Nc2scc(C)c2C(N)=NCCC2CNCCO2)c(O)c1. The van der Waals surface area contributed by atoms with Crippen molar-refractivity contribution < 1.29 is 19.4 Å². The zero-order valence-electron chi connectivity index (χ0n) is 24.6. The number of anilines is 2. The number of benzene rings is 1. The minimum Gasteiger partial charge on any atom is -0.506 e. The number of amidine groups is 1. The number of halogens is 1. The molecule has 3 aromatic rings. The molecule has 1 amide bonds. The number of aromatic nitrogens is 2. The highest BCUT2D eigenvalue weighted by molar-refractivity contribution is 7.14. The fourth-order valence-corrected chi connectivity index (χ4v) is 6.39. The molecule has 43 heavy (non-hydrogen) atoms. The Morgan fingerprint density at radius 2 is 2.21 bits per heavy atom. The van der Waals surface area contributed by atoms with Crippen LogP contribution in [-0.2, 0) is 16.0 Å². The van der Waals surface area contributed by atoms with E-state index < -0.39 is 6.23 Å². The molecule has 1 fully saturated rings. The van der Waals surface area contributed by atoms with Crippen LogP contribution >= 0.6 is 22.9 Å². The lowest BCUT2D eigenvalue weighted by atomic mass is 10.1. The highest BCUT2D eigenvalue weighted by atomic mass is 35.5. The number of nitrogens with zero attached hydrogens (tertiary/aromatic N) is 4. The van der Waals surface area contributed by atoms with E-state index in [1.54, 1.807) is 24.0 Å². The number of carbonyl (C=O) groups excluding carboxylic acids is 1. The number of nitrogens with one attached hydrogen (secondary N) is 2. The molecule has 0 saturated carbocycles. The second-order valence-electron chi connectivity index (χ2n) is 10.5. The molecule has 0 aliphatic carbocycles. The van der Waals surface area contributed by atoms with E-state index >= 15 is 0 Å². The molecule has 13 heteroatoms. The van der Waals surface area contributed by atoms with Gasteiger partial charge in [0.25, 0.3) is 5.91 Å². The third kappa shape index (κ3) is 6.53. The molecule has 5 N–H and O–H groups in total. The molecule has 1 saturated heterocycles. The molecule has 2 atom stereocenters. The topological polar surface area (TPSA) is 147 Å². The summed E-state index contributed by atoms with van der Waals surface area (Å²) < 4.78 is 11.5. The first kappa shape index (κ1) is 30.9. The van der Waals surface area contributed by atoms with E-state index in [2.05, 4.69) is 25.6 Å². The first-order chi connectivity index (χ1) is 20.7. The van der Waals surface area contributed by atoms with Crippen LogP contribution in [0.2, 0.25) is 0 Å². The number of hydrogen-bond donors (Lipinski definition) is 4. The van der Waals surface area contributed by atoms with Gasteiger partial charge in [-0.05, 0) is 61.9 Å². The number of thiophene rings is 1. The lowest BCUT2D eigenvalue weighted by Gasteiger charge is -2.24. The van der Waals surface area contributed by atoms with E-state index in [1.807, 2.05) is 19.2 Å². The summed E-state index contributed by atoms with van der Waals surface area (Å²) in [7, 11) is 1.53. The molecule has 11 nitrogen and oxygen atoms in total. The van der Waals surface area contributed by atoms with Gasteiger partial charge in [-0.3, -0.25) is 9.79 Å². The maximum Gasteiger partial charge on any atom is 0.256 e. The molecule has 0 spiro atoms. The van der Waals surface area contributed by atoms with E-state index in [0.717, 1.165) is 41.2 Å². The molecular weight excluding hydrogens is 590 g/mol. The predicted molar refractivity (Wildman–Crippen MR) is 169 cm³/mol. The summed E-state index contributed by atoms with van der Waals surface area (Å²) in [4.78, 5) is 29.0. The van der Waals surface area contributed by atoms with Crippen LogP contribution in [0.3, 0.4) is 0 Å². The third-order valence-electron chi connectivity index (χ3n) is 7.47. The normalized spacial score (nSPS) is 19.0. The molecular formula is C30H36ClN7O4S. The van der Waals surface area contributed by atoms with Gasteiger partial charge in [-0.15, -0.1) is 11.3 Å². The van der Waals surface area contributed by atoms with Crippen LogP contribution in [0.4, 0.5) is 10.7 Å². The van der Waals surface area contributed by atoms with Crippen molar-refractivity contribution in [1.82, 2.24) is 20.2 Å². The van der Waals surface area contributed by atoms with Crippen molar-refractivity contribution in [3.63, 3.8) is 0 Å². The molecule has 2 aliphatic rings. The van der Waals surface area contributed by atoms with Crippen molar-refractivity contribution in [2.45, 2.75) is 46.1 Å². The summed E-state index contributed by atoms with van der Waals surface area (Å²) in [5.74, 6) is 0.605. The minimum atomic E-state index is -0.704. The predicted octanol–water partition coefficient (Wildman–Crippen LogP) is 4.59. The number of carbonyl (C=O) groups is 1. The maximum absolute atomic E-state index is 13.7. The van der Waals surface area contributed by atoms with Gasteiger partial charge in [-0.25, -0.2) is 9.97 Å². The Labute approximate surface area is 259 Å². The third-order valence-corrected chi connectivity index (χ3v) is 8.81.